The summed E-state index contributed by atoms with van der Waals surface area (Å²) < 4.78 is 51.4. The number of allylic oxidation sites excluding steroid dienone is 4. The van der Waals surface area contributed by atoms with E-state index in [4.69, 9.17) is 47.7 Å². The average Bonchev–Trinajstić information content (AvgIpc) is 2.81. The highest BCUT2D eigenvalue weighted by Gasteiger charge is 2.54. The van der Waals surface area contributed by atoms with E-state index < -0.39 is 161 Å². The molecule has 0 saturated carbocycles. The molecular weight excluding hydrogens is 1120 g/mol. The fourth-order valence-electron chi connectivity index (χ4n) is 10.9. The molecule has 25 heteroatoms. The van der Waals surface area contributed by atoms with Gasteiger partial charge >= 0.3 is 11.9 Å². The number of fused-ring (bicyclic) bond motifs is 19. The summed E-state index contributed by atoms with van der Waals surface area (Å²) >= 11 is 0. The van der Waals surface area contributed by atoms with E-state index in [-0.39, 0.29) is 25.0 Å². The van der Waals surface area contributed by atoms with Crippen LogP contribution >= 0.6 is 0 Å². The van der Waals surface area contributed by atoms with Crippen LogP contribution in [0.4, 0.5) is 0 Å². The van der Waals surface area contributed by atoms with Gasteiger partial charge in [-0.3, -0.25) is 9.59 Å². The Labute approximate surface area is 500 Å². The van der Waals surface area contributed by atoms with Gasteiger partial charge in [-0.25, -0.2) is 0 Å². The van der Waals surface area contributed by atoms with Gasteiger partial charge in [-0.1, -0.05) is 101 Å². The third-order valence-corrected chi connectivity index (χ3v) is 16.2. The van der Waals surface area contributed by atoms with Gasteiger partial charge in [-0.2, -0.15) is 0 Å². The Morgan fingerprint density at radius 3 is 1.66 bits per heavy atom. The smallest absolute Gasteiger partial charge is 0.306 e. The van der Waals surface area contributed by atoms with Crippen molar-refractivity contribution in [2.45, 2.75) is 316 Å². The van der Waals surface area contributed by atoms with Crippen LogP contribution in [0.15, 0.2) is 24.3 Å². The van der Waals surface area contributed by atoms with Crippen molar-refractivity contribution in [1.82, 2.24) is 0 Å². The first kappa shape index (κ1) is 75.0. The second-order valence-electron chi connectivity index (χ2n) is 23.3. The summed E-state index contributed by atoms with van der Waals surface area (Å²) in [6, 6.07) is 0. The molecule has 0 aromatic carbocycles. The first-order chi connectivity index (χ1) is 40.9. The highest BCUT2D eigenvalue weighted by Crippen LogP contribution is 2.34. The molecule has 0 aliphatic carbocycles. The molecule has 2 bridgehead atoms. The molecule has 6 aliphatic heterocycles. The first-order valence-electron chi connectivity index (χ1n) is 31.4. The molecule has 2 unspecified atom stereocenters. The van der Waals surface area contributed by atoms with Crippen LogP contribution in [0.25, 0.3) is 0 Å². The van der Waals surface area contributed by atoms with Crippen molar-refractivity contribution in [1.29, 1.82) is 0 Å². The lowest BCUT2D eigenvalue weighted by Gasteiger charge is -2.46. The minimum absolute atomic E-state index is 0.129. The Morgan fingerprint density at radius 2 is 1.04 bits per heavy atom. The molecule has 85 heavy (non-hydrogen) atoms. The van der Waals surface area contributed by atoms with Crippen LogP contribution in [-0.4, -0.2) is 245 Å². The number of ether oxygens (including phenoxy) is 9. The second kappa shape index (κ2) is 41.8. The quantitative estimate of drug-likeness (QED) is 0.0395. The lowest BCUT2D eigenvalue weighted by molar-refractivity contribution is -0.371. The van der Waals surface area contributed by atoms with Crippen molar-refractivity contribution in [3.05, 3.63) is 24.3 Å². The van der Waals surface area contributed by atoms with E-state index in [2.05, 4.69) is 24.3 Å². The Kier molecular flexibility index (Phi) is 36.9. The van der Waals surface area contributed by atoms with Gasteiger partial charge in [0.1, 0.15) is 91.6 Å². The van der Waals surface area contributed by atoms with Crippen LogP contribution < -0.4 is 0 Å². The van der Waals surface area contributed by atoms with Gasteiger partial charge in [0.05, 0.1) is 38.6 Å². The van der Waals surface area contributed by atoms with E-state index in [0.717, 1.165) is 135 Å². The van der Waals surface area contributed by atoms with Gasteiger partial charge in [0.15, 0.2) is 31.3 Å². The number of hydrogen-bond donors (Lipinski definition) is 14. The zero-order valence-electron chi connectivity index (χ0n) is 50.0. The molecule has 0 radical (unpaired) electrons. The number of aliphatic hydroxyl groups excluding tert-OH is 13. The molecule has 0 aromatic rings. The number of carbonyl (C=O) groups excluding carboxylic acids is 1. The van der Waals surface area contributed by atoms with E-state index in [0.29, 0.717) is 19.3 Å². The number of carboxylic acids is 1. The van der Waals surface area contributed by atoms with Crippen molar-refractivity contribution < 1.29 is 124 Å². The summed E-state index contributed by atoms with van der Waals surface area (Å²) in [6.45, 7) is 1.22. The van der Waals surface area contributed by atoms with Crippen LogP contribution in [0.5, 0.6) is 0 Å². The van der Waals surface area contributed by atoms with Gasteiger partial charge in [-0.15, -0.1) is 0 Å². The van der Waals surface area contributed by atoms with Gasteiger partial charge in [0.25, 0.3) is 0 Å². The standard InChI is InChI=1S/C30H54O13.C30H52O12/c1-19(15-13-11-9-7-5-3-2-4-6-8-10-12-14-16-22(33)34)40-30-28(26(38)24(36)21(18-32)42-30)43-29-27(39)25(37)23(35)20(17-31)41-29;1-19-15-13-11-9-7-5-3-2-4-6-8-10-12-14-16-22(33)41-27-21(18-32)40-29(26(37)25(27)36)42-28-24(35)23(34)20(17-31)39-30(28)38-19/h2-3,19-21,23-32,35-39H,4-18H2,1H3,(H,33,34);2-3,19-21,23-32,34-37H,4-18H2,1H3/b2*3-2-/t19?,20-,21-,23-,24-,25+,26+,27-,28-,29+,30-;19?,20-,21-,23-,24+,25-,26-,27-,28-,29+,30-/m11/s1. The van der Waals surface area contributed by atoms with Gasteiger partial charge < -0.3 is 114 Å². The van der Waals surface area contributed by atoms with Gasteiger partial charge in [0, 0.05) is 12.8 Å². The minimum Gasteiger partial charge on any atom is -0.481 e. The SMILES string of the molecule is CC(CCCCCC/C=C\CCCCCCCC(=O)O)O[C@@H]1O[C@H](CO)[C@@H](O)[C@H](O)[C@H]1O[C@@H]1O[C@H](CO)[C@@H](O)[C@H](O)[C@H]1O.CC1CCCCCC/C=C\CCCCCCCC(=O)O[C@H]2[C@H](O)[C@@H](O)[C@H](O[C@H]3[C@H](O1)O[C@H](CO)[C@@H](O)[C@@H]3O)O[C@@H]2CO. The number of aliphatic hydroxyl groups is 13. The van der Waals surface area contributed by atoms with Crippen molar-refractivity contribution in [2.75, 3.05) is 26.4 Å². The fourth-order valence-corrected chi connectivity index (χ4v) is 10.9. The highest BCUT2D eigenvalue weighted by molar-refractivity contribution is 5.69. The van der Waals surface area contributed by atoms with E-state index in [9.17, 15) is 76.0 Å². The average molecular weight is 1230 g/mol. The molecule has 25 nitrogen and oxygen atoms in total. The molecule has 0 amide bonds. The summed E-state index contributed by atoms with van der Waals surface area (Å²) in [5.74, 6) is -1.30. The molecule has 6 rings (SSSR count). The summed E-state index contributed by atoms with van der Waals surface area (Å²) in [4.78, 5) is 23.0. The number of hydrogen-bond acceptors (Lipinski definition) is 24. The summed E-state index contributed by atoms with van der Waals surface area (Å²) in [7, 11) is 0. The zero-order chi connectivity index (χ0) is 62.3. The molecule has 0 spiro atoms. The molecule has 22 atom stereocenters. The topological polar surface area (TPSA) is 400 Å². The lowest BCUT2D eigenvalue weighted by atomic mass is 9.97. The summed E-state index contributed by atoms with van der Waals surface area (Å²) in [5.41, 5.74) is 0. The molecule has 14 N–H and O–H groups in total. The van der Waals surface area contributed by atoms with Crippen LogP contribution in [0.1, 0.15) is 181 Å². The van der Waals surface area contributed by atoms with E-state index >= 15 is 0 Å². The fraction of sp³-hybridized carbons (Fsp3) is 0.900. The minimum atomic E-state index is -1.73. The van der Waals surface area contributed by atoms with Crippen LogP contribution in [0, 0.1) is 0 Å². The lowest BCUT2D eigenvalue weighted by Crippen LogP contribution is -2.65. The second-order valence-corrected chi connectivity index (χ2v) is 23.3. The van der Waals surface area contributed by atoms with E-state index in [1.165, 1.54) is 0 Å². The van der Waals surface area contributed by atoms with Crippen LogP contribution in [0.2, 0.25) is 0 Å². The zero-order valence-corrected chi connectivity index (χ0v) is 50.0. The number of unbranched alkanes of at least 4 members (excludes halogenated alkanes) is 9. The van der Waals surface area contributed by atoms with Crippen molar-refractivity contribution >= 4 is 11.9 Å². The molecule has 496 valence electrons. The normalized spacial score (nSPS) is 37.9. The number of carboxylic acid groups (broad SMARTS) is 1. The number of aliphatic carboxylic acids is 1. The monoisotopic (exact) mass is 1230 g/mol. The Hall–Kier alpha value is -2.42. The predicted octanol–water partition coefficient (Wildman–Crippen LogP) is 1.94. The summed E-state index contributed by atoms with van der Waals surface area (Å²) in [5, 5.41) is 142. The van der Waals surface area contributed by atoms with Crippen molar-refractivity contribution in [2.24, 2.45) is 0 Å². The molecule has 6 aliphatic rings. The van der Waals surface area contributed by atoms with Crippen LogP contribution in [-0.2, 0) is 52.2 Å². The Bertz CT molecular complexity index is 1830. The third kappa shape index (κ3) is 25.8. The predicted molar refractivity (Wildman–Crippen MR) is 304 cm³/mol. The maximum absolute atomic E-state index is 12.5. The van der Waals surface area contributed by atoms with Crippen molar-refractivity contribution in [3.63, 3.8) is 0 Å². The Morgan fingerprint density at radius 1 is 0.529 bits per heavy atom. The highest BCUT2D eigenvalue weighted by atomic mass is 16.8. The van der Waals surface area contributed by atoms with Gasteiger partial charge in [0.2, 0.25) is 0 Å². The third-order valence-electron chi connectivity index (χ3n) is 16.2. The summed E-state index contributed by atoms with van der Waals surface area (Å²) in [6.07, 6.45) is 2.95. The van der Waals surface area contributed by atoms with Crippen molar-refractivity contribution in [3.8, 4) is 0 Å². The van der Waals surface area contributed by atoms with Gasteiger partial charge in [-0.05, 0) is 90.9 Å². The van der Waals surface area contributed by atoms with E-state index in [1.807, 2.05) is 13.8 Å². The molecule has 4 fully saturated rings. The Balaban J connectivity index is 0.000000364. The largest absolute Gasteiger partial charge is 0.481 e. The molecule has 0 aromatic heterocycles. The molecule has 4 saturated heterocycles. The number of esters is 1. The number of carbonyl (C=O) groups is 2. The van der Waals surface area contributed by atoms with Crippen LogP contribution in [0.3, 0.4) is 0 Å². The molecular formula is C60H106O25. The maximum Gasteiger partial charge on any atom is 0.306 e. The van der Waals surface area contributed by atoms with E-state index in [1.54, 1.807) is 0 Å². The maximum atomic E-state index is 12.5. The molecule has 6 heterocycles. The first-order valence-corrected chi connectivity index (χ1v) is 31.4. The number of rotatable bonds is 23.